The van der Waals surface area contributed by atoms with Crippen LogP contribution < -0.4 is 5.32 Å². The van der Waals surface area contributed by atoms with Crippen LogP contribution in [0.2, 0.25) is 0 Å². The van der Waals surface area contributed by atoms with Gasteiger partial charge in [0.15, 0.2) is 17.0 Å². The Labute approximate surface area is 232 Å². The zero-order valence-corrected chi connectivity index (χ0v) is 21.7. The summed E-state index contributed by atoms with van der Waals surface area (Å²) in [6, 6.07) is 15.3. The number of nitrogens with zero attached hydrogens (tertiary/aromatic N) is 4. The molecule has 1 aliphatic heterocycles. The summed E-state index contributed by atoms with van der Waals surface area (Å²) in [7, 11) is 0. The first kappa shape index (κ1) is 24.8. The topological polar surface area (TPSA) is 166 Å². The van der Waals surface area contributed by atoms with Gasteiger partial charge in [-0.3, -0.25) is 4.57 Å². The van der Waals surface area contributed by atoms with Gasteiger partial charge in [0.25, 0.3) is 0 Å². The molecule has 1 aliphatic carbocycles. The Balaban J connectivity index is 1.28. The lowest BCUT2D eigenvalue weighted by Crippen LogP contribution is -2.44. The second-order valence-corrected chi connectivity index (χ2v) is 10.9. The highest BCUT2D eigenvalue weighted by Crippen LogP contribution is 2.46. The van der Waals surface area contributed by atoms with Crippen molar-refractivity contribution in [2.75, 3.05) is 11.9 Å². The van der Waals surface area contributed by atoms with E-state index >= 15 is 0 Å². The molecule has 41 heavy (non-hydrogen) atoms. The van der Waals surface area contributed by atoms with Crippen LogP contribution in [0.3, 0.4) is 0 Å². The van der Waals surface area contributed by atoms with Crippen LogP contribution in [-0.2, 0) is 4.74 Å². The van der Waals surface area contributed by atoms with Crippen LogP contribution in [0, 0.1) is 0 Å². The van der Waals surface area contributed by atoms with Crippen LogP contribution >= 0.6 is 0 Å². The number of nitrogens with one attached hydrogen (secondary N) is 1. The lowest BCUT2D eigenvalue weighted by atomic mass is 9.77. The number of rotatable bonds is 4. The smallest absolute Gasteiger partial charge is 0.167 e. The molecule has 0 radical (unpaired) electrons. The van der Waals surface area contributed by atoms with Gasteiger partial charge in [-0.25, -0.2) is 15.0 Å². The van der Waals surface area contributed by atoms with Crippen LogP contribution in [0.5, 0.6) is 0 Å². The van der Waals surface area contributed by atoms with E-state index in [1.165, 1.54) is 6.33 Å². The first-order valence-corrected chi connectivity index (χ1v) is 13.6. The Morgan fingerprint density at radius 1 is 0.902 bits per heavy atom. The number of aliphatic hydroxyl groups excluding tert-OH is 5. The quantitative estimate of drug-likeness (QED) is 0.178. The summed E-state index contributed by atoms with van der Waals surface area (Å²) in [5, 5.41) is 62.5. The fourth-order valence-electron chi connectivity index (χ4n) is 6.71. The van der Waals surface area contributed by atoms with E-state index in [1.54, 1.807) is 10.9 Å². The SMILES string of the molecule is OC[C@H]1O[C@@H](n2cnc3c(N[C@H]4c5c(cc6ccc7cccc8ccc5c6c78)[C@@H](O)[C@H](O)[C@H]4O)ncnc32)C[C@@H]1O. The summed E-state index contributed by atoms with van der Waals surface area (Å²) in [5.41, 5.74) is 2.07. The molecule has 0 amide bonds. The Bertz CT molecular complexity index is 1930. The van der Waals surface area contributed by atoms with Crippen LogP contribution in [0.15, 0.2) is 61.2 Å². The van der Waals surface area contributed by atoms with Gasteiger partial charge in [0.1, 0.15) is 37.0 Å². The second kappa shape index (κ2) is 9.02. The van der Waals surface area contributed by atoms with Crippen LogP contribution in [-0.4, -0.2) is 76.1 Å². The van der Waals surface area contributed by atoms with Crippen molar-refractivity contribution >= 4 is 49.3 Å². The first-order chi connectivity index (χ1) is 19.9. The van der Waals surface area contributed by atoms with Crippen molar-refractivity contribution in [3.63, 3.8) is 0 Å². The average molecular weight is 554 g/mol. The molecule has 2 aliphatic rings. The third-order valence-corrected chi connectivity index (χ3v) is 8.71. The summed E-state index contributed by atoms with van der Waals surface area (Å²) >= 11 is 0. The van der Waals surface area contributed by atoms with E-state index in [-0.39, 0.29) is 13.0 Å². The summed E-state index contributed by atoms with van der Waals surface area (Å²) in [5.74, 6) is 0.329. The highest BCUT2D eigenvalue weighted by atomic mass is 16.5. The molecular weight excluding hydrogens is 526 g/mol. The monoisotopic (exact) mass is 553 g/mol. The van der Waals surface area contributed by atoms with Gasteiger partial charge in [0, 0.05) is 6.42 Å². The first-order valence-electron chi connectivity index (χ1n) is 13.6. The Kier molecular flexibility index (Phi) is 5.45. The maximum absolute atomic E-state index is 11.3. The lowest BCUT2D eigenvalue weighted by Gasteiger charge is -2.39. The predicted octanol–water partition coefficient (Wildman–Crippen LogP) is 2.29. The number of imidazole rings is 1. The number of hydrogen-bond acceptors (Lipinski definition) is 10. The predicted molar refractivity (Wildman–Crippen MR) is 150 cm³/mol. The number of benzene rings is 4. The van der Waals surface area contributed by atoms with Crippen molar-refractivity contribution in [3.05, 3.63) is 72.3 Å². The fourth-order valence-corrected chi connectivity index (χ4v) is 6.71. The van der Waals surface area contributed by atoms with Gasteiger partial charge in [0.2, 0.25) is 0 Å². The highest BCUT2D eigenvalue weighted by molar-refractivity contribution is 6.24. The number of aromatic nitrogens is 4. The molecule has 7 atom stereocenters. The number of hydrogen-bond donors (Lipinski definition) is 6. The standard InChI is InChI=1S/C30H27N5O6/c36-10-19-18(37)9-20(41-19)35-12-33-25-29(31-11-32-30(25)35)34-24-23-16-7-6-14-3-1-2-13-4-5-15(22(16)21(13)14)8-17(23)26(38)28(40)27(24)39/h1-8,11-12,18-20,24,26-28,36-40H,9-10H2,(H,31,32,34)/t18-,19+,20+,24-,26+,27-,28-/m0/s1. The molecule has 208 valence electrons. The third-order valence-electron chi connectivity index (χ3n) is 8.71. The number of anilines is 1. The van der Waals surface area contributed by atoms with Gasteiger partial charge < -0.3 is 35.6 Å². The molecule has 8 rings (SSSR count). The zero-order valence-electron chi connectivity index (χ0n) is 21.7. The van der Waals surface area contributed by atoms with Crippen LogP contribution in [0.1, 0.15) is 35.9 Å². The average Bonchev–Trinajstić information content (AvgIpc) is 3.60. The molecule has 6 aromatic rings. The molecule has 11 nitrogen and oxygen atoms in total. The molecule has 0 bridgehead atoms. The summed E-state index contributed by atoms with van der Waals surface area (Å²) in [6.07, 6.45) is -3.00. The molecule has 11 heteroatoms. The van der Waals surface area contributed by atoms with E-state index in [2.05, 4.69) is 38.5 Å². The van der Waals surface area contributed by atoms with Crippen LogP contribution in [0.4, 0.5) is 5.82 Å². The van der Waals surface area contributed by atoms with Crippen molar-refractivity contribution in [3.8, 4) is 0 Å². The Hall–Kier alpha value is -3.97. The normalized spacial score (nSPS) is 28.3. The molecule has 2 aromatic heterocycles. The minimum absolute atomic E-state index is 0.265. The number of ether oxygens (including phenoxy) is 1. The number of aliphatic hydroxyl groups is 5. The van der Waals surface area contributed by atoms with Gasteiger partial charge in [-0.2, -0.15) is 0 Å². The number of fused-ring (bicyclic) bond motifs is 3. The zero-order chi connectivity index (χ0) is 28.0. The van der Waals surface area contributed by atoms with Gasteiger partial charge in [-0.05, 0) is 49.5 Å². The van der Waals surface area contributed by atoms with E-state index in [1.807, 2.05) is 30.3 Å². The maximum atomic E-state index is 11.3. The van der Waals surface area contributed by atoms with E-state index in [0.717, 1.165) is 32.3 Å². The molecule has 6 N–H and O–H groups in total. The summed E-state index contributed by atoms with van der Waals surface area (Å²) in [4.78, 5) is 13.3. The lowest BCUT2D eigenvalue weighted by molar-refractivity contribution is -0.0766. The Morgan fingerprint density at radius 2 is 1.68 bits per heavy atom. The molecule has 0 saturated carbocycles. The van der Waals surface area contributed by atoms with Crippen molar-refractivity contribution in [1.29, 1.82) is 0 Å². The van der Waals surface area contributed by atoms with Crippen LogP contribution in [0.25, 0.3) is 43.5 Å². The van der Waals surface area contributed by atoms with E-state index in [4.69, 9.17) is 4.74 Å². The van der Waals surface area contributed by atoms with Crippen molar-refractivity contribution < 1.29 is 30.3 Å². The van der Waals surface area contributed by atoms with Gasteiger partial charge in [-0.1, -0.05) is 42.5 Å². The van der Waals surface area contributed by atoms with Gasteiger partial charge in [-0.15, -0.1) is 0 Å². The van der Waals surface area contributed by atoms with Crippen molar-refractivity contribution in [1.82, 2.24) is 19.5 Å². The molecule has 4 aromatic carbocycles. The minimum atomic E-state index is -1.44. The second-order valence-electron chi connectivity index (χ2n) is 10.9. The third kappa shape index (κ3) is 3.51. The largest absolute Gasteiger partial charge is 0.394 e. The van der Waals surface area contributed by atoms with Crippen molar-refractivity contribution in [2.24, 2.45) is 0 Å². The molecule has 0 spiro atoms. The molecule has 1 saturated heterocycles. The Morgan fingerprint density at radius 3 is 2.46 bits per heavy atom. The molecule has 3 heterocycles. The summed E-state index contributed by atoms with van der Waals surface area (Å²) in [6.45, 7) is -0.304. The molecule has 0 unspecified atom stereocenters. The van der Waals surface area contributed by atoms with E-state index in [9.17, 15) is 25.5 Å². The molecular formula is C30H27N5O6. The minimum Gasteiger partial charge on any atom is -0.394 e. The van der Waals surface area contributed by atoms with Crippen molar-refractivity contribution in [2.45, 2.75) is 49.2 Å². The van der Waals surface area contributed by atoms with Gasteiger partial charge >= 0.3 is 0 Å². The van der Waals surface area contributed by atoms with E-state index in [0.29, 0.717) is 28.1 Å². The van der Waals surface area contributed by atoms with Gasteiger partial charge in [0.05, 0.1) is 25.1 Å². The summed E-state index contributed by atoms with van der Waals surface area (Å²) < 4.78 is 7.48. The van der Waals surface area contributed by atoms with E-state index < -0.39 is 42.8 Å². The fraction of sp³-hybridized carbons (Fsp3) is 0.300. The molecule has 1 fully saturated rings. The highest BCUT2D eigenvalue weighted by Gasteiger charge is 2.43. The maximum Gasteiger partial charge on any atom is 0.167 e.